The van der Waals surface area contributed by atoms with Crippen LogP contribution >= 0.6 is 0 Å². The summed E-state index contributed by atoms with van der Waals surface area (Å²) in [4.78, 5) is 31.3. The topological polar surface area (TPSA) is 120 Å². The molecule has 92 valence electrons. The van der Waals surface area contributed by atoms with Crippen LogP contribution < -0.4 is 15.3 Å². The number of carbonyl (C=O) groups excluding carboxylic acids is 3. The number of carboxylic acid groups (broad SMARTS) is 3. The van der Waals surface area contributed by atoms with Crippen LogP contribution in [-0.2, 0) is 0 Å². The number of aromatic carboxylic acids is 3. The zero-order valence-electron chi connectivity index (χ0n) is 9.18. The predicted molar refractivity (Wildman–Crippen MR) is 50.8 cm³/mol. The molecule has 0 aliphatic carbocycles. The van der Waals surface area contributed by atoms with Crippen molar-refractivity contribution in [1.29, 1.82) is 0 Å². The molecule has 17 heavy (non-hydrogen) atoms. The van der Waals surface area contributed by atoms with Gasteiger partial charge < -0.3 is 29.7 Å². The molecule has 0 fully saturated rings. The highest BCUT2D eigenvalue weighted by Gasteiger charge is 2.06. The Morgan fingerprint density at radius 1 is 0.824 bits per heavy atom. The summed E-state index contributed by atoms with van der Waals surface area (Å²) in [5.41, 5.74) is -1.84. The van der Waals surface area contributed by atoms with Gasteiger partial charge in [0.05, 0.1) is 17.9 Å². The van der Waals surface area contributed by atoms with E-state index in [0.717, 1.165) is 12.1 Å². The lowest BCUT2D eigenvalue weighted by Crippen LogP contribution is -2.31. The molecule has 0 saturated carbocycles. The second-order valence-electron chi connectivity index (χ2n) is 2.62. The second-order valence-corrected chi connectivity index (χ2v) is 2.62. The first kappa shape index (κ1) is 14.6. The van der Waals surface area contributed by atoms with Gasteiger partial charge in [0.2, 0.25) is 0 Å². The summed E-state index contributed by atoms with van der Waals surface area (Å²) in [6.45, 7) is 4.00. The number of carboxylic acids is 3. The third kappa shape index (κ3) is 3.60. The van der Waals surface area contributed by atoms with E-state index in [1.54, 1.807) is 0 Å². The minimum atomic E-state index is -1.79. The van der Waals surface area contributed by atoms with E-state index < -0.39 is 34.6 Å². The molecule has 0 N–H and O–H groups in total. The molecule has 6 heteroatoms. The summed E-state index contributed by atoms with van der Waals surface area (Å²) in [7, 11) is 0. The third-order valence-electron chi connectivity index (χ3n) is 1.70. The van der Waals surface area contributed by atoms with Gasteiger partial charge in [0.15, 0.2) is 0 Å². The Hall–Kier alpha value is -2.37. The zero-order valence-corrected chi connectivity index (χ0v) is 9.18. The van der Waals surface area contributed by atoms with Crippen LogP contribution in [0.5, 0.6) is 0 Å². The molecule has 1 aromatic rings. The fourth-order valence-corrected chi connectivity index (χ4v) is 1.02. The Morgan fingerprint density at radius 3 is 1.65 bits per heavy atom. The van der Waals surface area contributed by atoms with Crippen molar-refractivity contribution in [1.82, 2.24) is 0 Å². The van der Waals surface area contributed by atoms with E-state index in [-0.39, 0.29) is 0 Å². The highest BCUT2D eigenvalue weighted by molar-refractivity contribution is 6.02. The molecular weight excluding hydrogens is 228 g/mol. The van der Waals surface area contributed by atoms with Crippen LogP contribution in [0.3, 0.4) is 0 Å². The maximum absolute atomic E-state index is 10.5. The number of hydrogen-bond acceptors (Lipinski definition) is 6. The van der Waals surface area contributed by atoms with Gasteiger partial charge in [-0.3, -0.25) is 0 Å². The maximum Gasteiger partial charge on any atom is 0.0722 e. The van der Waals surface area contributed by atoms with Gasteiger partial charge in [-0.1, -0.05) is 26.0 Å². The SMILES string of the molecule is CC.O=C([O-])c1ccc(C(=O)[O-])c(C(=O)[O-])c1. The average molecular weight is 237 g/mol. The van der Waals surface area contributed by atoms with Crippen LogP contribution in [0.4, 0.5) is 0 Å². The smallest absolute Gasteiger partial charge is 0.0722 e. The lowest BCUT2D eigenvalue weighted by atomic mass is 10.0. The minimum absolute atomic E-state index is 0.445. The molecule has 0 atom stereocenters. The standard InChI is InChI=1S/C9H6O6.C2H6/c10-7(11)4-1-2-5(8(12)13)6(3-4)9(14)15;1-2/h1-3H,(H,10,11)(H,12,13)(H,14,15);1-2H3/p-3. The summed E-state index contributed by atoms with van der Waals surface area (Å²) in [6.07, 6.45) is 0. The summed E-state index contributed by atoms with van der Waals surface area (Å²) in [5, 5.41) is 31.3. The lowest BCUT2D eigenvalue weighted by molar-refractivity contribution is -0.259. The Bertz CT molecular complexity index is 449. The van der Waals surface area contributed by atoms with Crippen LogP contribution in [0, 0.1) is 0 Å². The molecule has 0 saturated heterocycles. The summed E-state index contributed by atoms with van der Waals surface area (Å²) < 4.78 is 0. The van der Waals surface area contributed by atoms with Crippen molar-refractivity contribution in [2.75, 3.05) is 0 Å². The molecule has 0 bridgehead atoms. The van der Waals surface area contributed by atoms with Gasteiger partial charge in [-0.2, -0.15) is 0 Å². The quantitative estimate of drug-likeness (QED) is 0.588. The van der Waals surface area contributed by atoms with Crippen LogP contribution in [0.25, 0.3) is 0 Å². The van der Waals surface area contributed by atoms with Crippen molar-refractivity contribution in [2.24, 2.45) is 0 Å². The second kappa shape index (κ2) is 6.26. The van der Waals surface area contributed by atoms with Crippen LogP contribution in [0.15, 0.2) is 18.2 Å². The van der Waals surface area contributed by atoms with Gasteiger partial charge in [-0.25, -0.2) is 0 Å². The van der Waals surface area contributed by atoms with Crippen LogP contribution in [-0.4, -0.2) is 17.9 Å². The first-order valence-electron chi connectivity index (χ1n) is 4.71. The van der Waals surface area contributed by atoms with Crippen LogP contribution in [0.2, 0.25) is 0 Å². The van der Waals surface area contributed by atoms with Gasteiger partial charge in [0.25, 0.3) is 0 Å². The number of benzene rings is 1. The Kier molecular flexibility index (Phi) is 5.39. The minimum Gasteiger partial charge on any atom is -0.545 e. The van der Waals surface area contributed by atoms with E-state index in [1.165, 1.54) is 0 Å². The molecule has 0 aromatic heterocycles. The van der Waals surface area contributed by atoms with Crippen molar-refractivity contribution in [3.8, 4) is 0 Å². The average Bonchev–Trinajstić information content (AvgIpc) is 2.30. The van der Waals surface area contributed by atoms with E-state index >= 15 is 0 Å². The first-order chi connectivity index (χ1) is 7.93. The molecule has 0 amide bonds. The summed E-state index contributed by atoms with van der Waals surface area (Å²) in [5.74, 6) is -5.13. The van der Waals surface area contributed by atoms with Gasteiger partial charge >= 0.3 is 0 Å². The molecule has 0 spiro atoms. The zero-order chi connectivity index (χ0) is 13.6. The molecule has 1 aromatic carbocycles. The van der Waals surface area contributed by atoms with E-state index in [0.29, 0.717) is 6.07 Å². The lowest BCUT2D eigenvalue weighted by Gasteiger charge is -2.13. The first-order valence-corrected chi connectivity index (χ1v) is 4.71. The Labute approximate surface area is 97.1 Å². The number of hydrogen-bond donors (Lipinski definition) is 0. The molecule has 0 heterocycles. The molecule has 0 aliphatic heterocycles. The normalized spacial score (nSPS) is 8.82. The van der Waals surface area contributed by atoms with Gasteiger partial charge in [0, 0.05) is 11.1 Å². The highest BCUT2D eigenvalue weighted by Crippen LogP contribution is 2.10. The Balaban J connectivity index is 0.00000121. The van der Waals surface area contributed by atoms with Gasteiger partial charge in [0.1, 0.15) is 0 Å². The van der Waals surface area contributed by atoms with Crippen molar-refractivity contribution in [3.63, 3.8) is 0 Å². The summed E-state index contributed by atoms with van der Waals surface area (Å²) in [6, 6.07) is 2.37. The fourth-order valence-electron chi connectivity index (χ4n) is 1.02. The molecule has 1 rings (SSSR count). The molecule has 6 nitrogen and oxygen atoms in total. The summed E-state index contributed by atoms with van der Waals surface area (Å²) >= 11 is 0. The Morgan fingerprint density at radius 2 is 1.29 bits per heavy atom. The highest BCUT2D eigenvalue weighted by atomic mass is 16.4. The van der Waals surface area contributed by atoms with Crippen molar-refractivity contribution in [2.45, 2.75) is 13.8 Å². The molecule has 0 aliphatic rings. The van der Waals surface area contributed by atoms with Gasteiger partial charge in [-0.15, -0.1) is 0 Å². The van der Waals surface area contributed by atoms with E-state index in [9.17, 15) is 29.7 Å². The third-order valence-corrected chi connectivity index (χ3v) is 1.70. The monoisotopic (exact) mass is 237 g/mol. The van der Waals surface area contributed by atoms with Crippen LogP contribution in [0.1, 0.15) is 44.9 Å². The molecule has 0 radical (unpaired) electrons. The van der Waals surface area contributed by atoms with Crippen molar-refractivity contribution < 1.29 is 29.7 Å². The number of carbonyl (C=O) groups is 3. The maximum atomic E-state index is 10.5. The number of rotatable bonds is 3. The predicted octanol–water partition coefficient (Wildman–Crippen LogP) is -2.20. The molecule has 0 unspecified atom stereocenters. The van der Waals surface area contributed by atoms with Crippen molar-refractivity contribution >= 4 is 17.9 Å². The molecular formula is C11H9O6-3. The largest absolute Gasteiger partial charge is 0.545 e. The van der Waals surface area contributed by atoms with E-state index in [1.807, 2.05) is 13.8 Å². The van der Waals surface area contributed by atoms with Gasteiger partial charge in [-0.05, 0) is 11.6 Å². The van der Waals surface area contributed by atoms with Crippen molar-refractivity contribution in [3.05, 3.63) is 34.9 Å². The van der Waals surface area contributed by atoms with E-state index in [2.05, 4.69) is 0 Å². The van der Waals surface area contributed by atoms with E-state index in [4.69, 9.17) is 0 Å². The fraction of sp³-hybridized carbons (Fsp3) is 0.182.